The lowest BCUT2D eigenvalue weighted by Gasteiger charge is -2.25. The number of hydrogen-bond acceptors (Lipinski definition) is 2. The third-order valence-electron chi connectivity index (χ3n) is 4.30. The zero-order valence-electron chi connectivity index (χ0n) is 15.4. The normalized spacial score (nSPS) is 13.3. The number of nitrogens with zero attached hydrogens (tertiary/aromatic N) is 1. The van der Waals surface area contributed by atoms with Crippen molar-refractivity contribution < 1.29 is 4.79 Å². The second-order valence-electron chi connectivity index (χ2n) is 6.75. The van der Waals surface area contributed by atoms with Crippen LogP contribution in [0, 0.1) is 0 Å². The molecule has 0 aromatic heterocycles. The molecule has 2 N–H and O–H groups in total. The van der Waals surface area contributed by atoms with Crippen molar-refractivity contribution in [3.05, 3.63) is 71.8 Å². The lowest BCUT2D eigenvalue weighted by molar-refractivity contribution is 0.229. The standard InChI is InChI=1S/C21H29N3O/c1-17(14-18-10-6-4-7-11-18)23-21(25)22-16-20(24(2)3)15-19-12-8-5-9-13-19/h4-13,17,20H,14-16H2,1-3H3,(H2,22,23,25). The molecule has 4 heteroatoms. The Bertz CT molecular complexity index is 628. The summed E-state index contributed by atoms with van der Waals surface area (Å²) in [6.07, 6.45) is 1.74. The van der Waals surface area contributed by atoms with E-state index in [4.69, 9.17) is 0 Å². The molecule has 0 fully saturated rings. The highest BCUT2D eigenvalue weighted by molar-refractivity contribution is 5.74. The van der Waals surface area contributed by atoms with Crippen molar-refractivity contribution in [2.45, 2.75) is 31.8 Å². The van der Waals surface area contributed by atoms with Crippen LogP contribution in [0.25, 0.3) is 0 Å². The van der Waals surface area contributed by atoms with E-state index in [0.717, 1.165) is 12.8 Å². The molecule has 0 radical (unpaired) electrons. The molecular weight excluding hydrogens is 310 g/mol. The Morgan fingerprint density at radius 3 is 1.96 bits per heavy atom. The van der Waals surface area contributed by atoms with Gasteiger partial charge in [-0.3, -0.25) is 0 Å². The Balaban J connectivity index is 1.78. The highest BCUT2D eigenvalue weighted by Gasteiger charge is 2.14. The summed E-state index contributed by atoms with van der Waals surface area (Å²) in [6, 6.07) is 20.8. The molecule has 2 rings (SSSR count). The lowest BCUT2D eigenvalue weighted by Crippen LogP contribution is -2.47. The van der Waals surface area contributed by atoms with Gasteiger partial charge in [0.05, 0.1) is 0 Å². The first-order valence-corrected chi connectivity index (χ1v) is 8.83. The number of carbonyl (C=O) groups is 1. The molecule has 0 aliphatic rings. The van der Waals surface area contributed by atoms with E-state index in [2.05, 4.69) is 39.8 Å². The first kappa shape index (κ1) is 19.0. The minimum absolute atomic E-state index is 0.0920. The number of rotatable bonds is 8. The second-order valence-corrected chi connectivity index (χ2v) is 6.75. The van der Waals surface area contributed by atoms with Crippen LogP contribution in [0.3, 0.4) is 0 Å². The predicted octanol–water partition coefficient (Wildman–Crippen LogP) is 3.09. The summed E-state index contributed by atoms with van der Waals surface area (Å²) >= 11 is 0. The maximum absolute atomic E-state index is 12.2. The van der Waals surface area contributed by atoms with E-state index in [1.54, 1.807) is 0 Å². The monoisotopic (exact) mass is 339 g/mol. The van der Waals surface area contributed by atoms with E-state index >= 15 is 0 Å². The predicted molar refractivity (Wildman–Crippen MR) is 104 cm³/mol. The smallest absolute Gasteiger partial charge is 0.315 e. The maximum atomic E-state index is 12.2. The lowest BCUT2D eigenvalue weighted by atomic mass is 10.1. The number of benzene rings is 2. The van der Waals surface area contributed by atoms with Crippen LogP contribution in [0.4, 0.5) is 4.79 Å². The summed E-state index contributed by atoms with van der Waals surface area (Å²) in [4.78, 5) is 14.3. The highest BCUT2D eigenvalue weighted by atomic mass is 16.2. The van der Waals surface area contributed by atoms with Crippen molar-refractivity contribution in [1.82, 2.24) is 15.5 Å². The number of hydrogen-bond donors (Lipinski definition) is 2. The van der Waals surface area contributed by atoms with Gasteiger partial charge in [-0.05, 0) is 45.0 Å². The number of carbonyl (C=O) groups excluding carboxylic acids is 1. The van der Waals surface area contributed by atoms with E-state index < -0.39 is 0 Å². The molecule has 0 bridgehead atoms. The summed E-state index contributed by atoms with van der Waals surface area (Å²) in [5, 5.41) is 6.03. The summed E-state index contributed by atoms with van der Waals surface area (Å²) in [7, 11) is 4.09. The van der Waals surface area contributed by atoms with Crippen LogP contribution in [0.1, 0.15) is 18.1 Å². The first-order valence-electron chi connectivity index (χ1n) is 8.83. The summed E-state index contributed by atoms with van der Waals surface area (Å²) in [5.74, 6) is 0. The zero-order valence-corrected chi connectivity index (χ0v) is 15.4. The Hall–Kier alpha value is -2.33. The van der Waals surface area contributed by atoms with E-state index in [1.807, 2.05) is 57.4 Å². The van der Waals surface area contributed by atoms with E-state index in [-0.39, 0.29) is 18.1 Å². The molecule has 25 heavy (non-hydrogen) atoms. The molecule has 0 aliphatic carbocycles. The minimum Gasteiger partial charge on any atom is -0.337 e. The topological polar surface area (TPSA) is 44.4 Å². The Kier molecular flexibility index (Phi) is 7.48. The van der Waals surface area contributed by atoms with Crippen LogP contribution < -0.4 is 10.6 Å². The summed E-state index contributed by atoms with van der Waals surface area (Å²) in [6.45, 7) is 2.64. The number of amides is 2. The van der Waals surface area contributed by atoms with Gasteiger partial charge in [-0.15, -0.1) is 0 Å². The number of nitrogens with one attached hydrogen (secondary N) is 2. The van der Waals surface area contributed by atoms with Crippen molar-refractivity contribution >= 4 is 6.03 Å². The van der Waals surface area contributed by atoms with Crippen LogP contribution in [-0.2, 0) is 12.8 Å². The van der Waals surface area contributed by atoms with Gasteiger partial charge < -0.3 is 15.5 Å². The zero-order chi connectivity index (χ0) is 18.1. The van der Waals surface area contributed by atoms with Gasteiger partial charge in [0.15, 0.2) is 0 Å². The van der Waals surface area contributed by atoms with Gasteiger partial charge in [0.2, 0.25) is 0 Å². The van der Waals surface area contributed by atoms with Gasteiger partial charge >= 0.3 is 6.03 Å². The average molecular weight is 339 g/mol. The van der Waals surface area contributed by atoms with Gasteiger partial charge in [-0.1, -0.05) is 60.7 Å². The molecule has 2 aromatic carbocycles. The molecule has 2 amide bonds. The molecule has 0 aliphatic heterocycles. The van der Waals surface area contributed by atoms with Crippen molar-refractivity contribution in [2.75, 3.05) is 20.6 Å². The molecule has 2 atom stereocenters. The maximum Gasteiger partial charge on any atom is 0.315 e. The molecule has 0 spiro atoms. The fourth-order valence-corrected chi connectivity index (χ4v) is 2.83. The molecule has 134 valence electrons. The van der Waals surface area contributed by atoms with E-state index in [0.29, 0.717) is 6.54 Å². The van der Waals surface area contributed by atoms with E-state index in [9.17, 15) is 4.79 Å². The molecule has 4 nitrogen and oxygen atoms in total. The third-order valence-corrected chi connectivity index (χ3v) is 4.30. The van der Waals surface area contributed by atoms with Gasteiger partial charge in [0.25, 0.3) is 0 Å². The fraction of sp³-hybridized carbons (Fsp3) is 0.381. The number of likely N-dealkylation sites (N-methyl/N-ethyl adjacent to an activating group) is 1. The van der Waals surface area contributed by atoms with Gasteiger partial charge in [0.1, 0.15) is 0 Å². The van der Waals surface area contributed by atoms with Crippen LogP contribution in [0.2, 0.25) is 0 Å². The van der Waals surface area contributed by atoms with Gasteiger partial charge in [-0.2, -0.15) is 0 Å². The Morgan fingerprint density at radius 1 is 0.920 bits per heavy atom. The minimum atomic E-state index is -0.108. The third kappa shape index (κ3) is 6.98. The Morgan fingerprint density at radius 2 is 1.44 bits per heavy atom. The van der Waals surface area contributed by atoms with Crippen LogP contribution >= 0.6 is 0 Å². The summed E-state index contributed by atoms with van der Waals surface area (Å²) in [5.41, 5.74) is 2.51. The van der Waals surface area contributed by atoms with Crippen molar-refractivity contribution in [2.24, 2.45) is 0 Å². The molecule has 0 saturated carbocycles. The van der Waals surface area contributed by atoms with Crippen molar-refractivity contribution in [1.29, 1.82) is 0 Å². The van der Waals surface area contributed by atoms with E-state index in [1.165, 1.54) is 11.1 Å². The quantitative estimate of drug-likeness (QED) is 0.776. The van der Waals surface area contributed by atoms with Crippen molar-refractivity contribution in [3.8, 4) is 0 Å². The first-order chi connectivity index (χ1) is 12.0. The number of urea groups is 1. The Labute approximate surface area is 151 Å². The molecule has 0 saturated heterocycles. The van der Waals surface area contributed by atoms with Crippen LogP contribution in [0.15, 0.2) is 60.7 Å². The highest BCUT2D eigenvalue weighted by Crippen LogP contribution is 2.06. The van der Waals surface area contributed by atoms with Gasteiger partial charge in [-0.25, -0.2) is 4.79 Å². The molecule has 2 aromatic rings. The van der Waals surface area contributed by atoms with Crippen LogP contribution in [-0.4, -0.2) is 43.7 Å². The molecule has 2 unspecified atom stereocenters. The second kappa shape index (κ2) is 9.84. The average Bonchev–Trinajstić information content (AvgIpc) is 2.60. The van der Waals surface area contributed by atoms with Crippen molar-refractivity contribution in [3.63, 3.8) is 0 Å². The van der Waals surface area contributed by atoms with Crippen LogP contribution in [0.5, 0.6) is 0 Å². The fourth-order valence-electron chi connectivity index (χ4n) is 2.83. The molecular formula is C21H29N3O. The molecule has 0 heterocycles. The SMILES string of the molecule is CC(Cc1ccccc1)NC(=O)NCC(Cc1ccccc1)N(C)C. The largest absolute Gasteiger partial charge is 0.337 e. The summed E-state index contributed by atoms with van der Waals surface area (Å²) < 4.78 is 0. The van der Waals surface area contributed by atoms with Gasteiger partial charge in [0, 0.05) is 18.6 Å².